The van der Waals surface area contributed by atoms with Gasteiger partial charge in [0.05, 0.1) is 0 Å². The van der Waals surface area contributed by atoms with Gasteiger partial charge in [-0.3, -0.25) is 0 Å². The van der Waals surface area contributed by atoms with Crippen LogP contribution in [0.25, 0.3) is 0 Å². The molecule has 1 aliphatic rings. The molecule has 0 aromatic rings. The molecule has 1 fully saturated rings. The van der Waals surface area contributed by atoms with Gasteiger partial charge >= 0.3 is 0 Å². The minimum atomic E-state index is 0.800. The minimum Gasteiger partial charge on any atom is -0.0888 e. The van der Waals surface area contributed by atoms with Crippen molar-refractivity contribution in [3.63, 3.8) is 0 Å². The van der Waals surface area contributed by atoms with Crippen LogP contribution < -0.4 is 0 Å². The molecule has 0 unspecified atom stereocenters. The molecular weight excluding hydrogens is 176 g/mol. The zero-order valence-electron chi connectivity index (χ0n) is 6.23. The molecule has 0 saturated heterocycles. The third-order valence-electron chi connectivity index (χ3n) is 2.33. The first-order chi connectivity index (χ1) is 4.20. The molecule has 0 aromatic carbocycles. The Kier molecular flexibility index (Phi) is 2.57. The highest BCUT2D eigenvalue weighted by molar-refractivity contribution is 9.09. The van der Waals surface area contributed by atoms with E-state index < -0.39 is 0 Å². The fraction of sp³-hybridized carbons (Fsp3) is 1.00. The summed E-state index contributed by atoms with van der Waals surface area (Å²) in [5.74, 6) is 1.86. The molecule has 0 radical (unpaired) electrons. The van der Waals surface area contributed by atoms with Crippen LogP contribution in [-0.4, -0.2) is 4.83 Å². The fourth-order valence-electron chi connectivity index (χ4n) is 1.63. The first-order valence-electron chi connectivity index (χ1n) is 3.84. The number of alkyl halides is 1. The van der Waals surface area contributed by atoms with Crippen LogP contribution in [-0.2, 0) is 0 Å². The summed E-state index contributed by atoms with van der Waals surface area (Å²) in [6, 6.07) is 0. The largest absolute Gasteiger partial charge is 0.0888 e. The summed E-state index contributed by atoms with van der Waals surface area (Å²) >= 11 is 3.68. The molecular formula is C8H15Br. The summed E-state index contributed by atoms with van der Waals surface area (Å²) in [7, 11) is 0. The van der Waals surface area contributed by atoms with Crippen molar-refractivity contribution in [3.8, 4) is 0 Å². The second kappa shape index (κ2) is 3.05. The van der Waals surface area contributed by atoms with Crippen molar-refractivity contribution in [2.24, 2.45) is 11.8 Å². The molecule has 1 heteroatoms. The van der Waals surface area contributed by atoms with E-state index in [0.717, 1.165) is 16.7 Å². The Morgan fingerprint density at radius 1 is 1.22 bits per heavy atom. The molecule has 0 aliphatic heterocycles. The molecule has 0 amide bonds. The van der Waals surface area contributed by atoms with E-state index in [1.807, 2.05) is 0 Å². The Labute approximate surface area is 66.2 Å². The zero-order chi connectivity index (χ0) is 6.85. The van der Waals surface area contributed by atoms with Crippen molar-refractivity contribution >= 4 is 15.9 Å². The van der Waals surface area contributed by atoms with Crippen molar-refractivity contribution in [1.29, 1.82) is 0 Å². The summed E-state index contributed by atoms with van der Waals surface area (Å²) in [5, 5.41) is 0. The van der Waals surface area contributed by atoms with Gasteiger partial charge in [-0.1, -0.05) is 29.8 Å². The van der Waals surface area contributed by atoms with Gasteiger partial charge in [0.25, 0.3) is 0 Å². The highest BCUT2D eigenvalue weighted by atomic mass is 79.9. The maximum absolute atomic E-state index is 3.68. The molecule has 9 heavy (non-hydrogen) atoms. The monoisotopic (exact) mass is 190 g/mol. The molecule has 0 spiro atoms. The van der Waals surface area contributed by atoms with Crippen LogP contribution in [0.4, 0.5) is 0 Å². The van der Waals surface area contributed by atoms with Gasteiger partial charge in [0.2, 0.25) is 0 Å². The van der Waals surface area contributed by atoms with Crippen molar-refractivity contribution in [1.82, 2.24) is 0 Å². The normalized spacial score (nSPS) is 45.0. The lowest BCUT2D eigenvalue weighted by molar-refractivity contribution is 0.314. The third kappa shape index (κ3) is 1.96. The molecule has 1 rings (SSSR count). The predicted molar refractivity (Wildman–Crippen MR) is 44.9 cm³/mol. The summed E-state index contributed by atoms with van der Waals surface area (Å²) in [5.41, 5.74) is 0. The summed E-state index contributed by atoms with van der Waals surface area (Å²) in [4.78, 5) is 0.800. The van der Waals surface area contributed by atoms with Gasteiger partial charge < -0.3 is 0 Å². The number of rotatable bonds is 0. The molecule has 1 saturated carbocycles. The topological polar surface area (TPSA) is 0 Å². The molecule has 1 aliphatic carbocycles. The Morgan fingerprint density at radius 3 is 2.33 bits per heavy atom. The van der Waals surface area contributed by atoms with Crippen molar-refractivity contribution < 1.29 is 0 Å². The van der Waals surface area contributed by atoms with E-state index in [1.165, 1.54) is 19.3 Å². The van der Waals surface area contributed by atoms with Crippen molar-refractivity contribution in [2.75, 3.05) is 0 Å². The van der Waals surface area contributed by atoms with Crippen LogP contribution in [0, 0.1) is 11.8 Å². The lowest BCUT2D eigenvalue weighted by Gasteiger charge is -2.28. The lowest BCUT2D eigenvalue weighted by atomic mass is 9.84. The van der Waals surface area contributed by atoms with E-state index in [2.05, 4.69) is 29.8 Å². The number of hydrogen-bond donors (Lipinski definition) is 0. The summed E-state index contributed by atoms with van der Waals surface area (Å²) in [6.07, 6.45) is 4.21. The second-order valence-electron chi connectivity index (χ2n) is 3.41. The van der Waals surface area contributed by atoms with E-state index in [1.54, 1.807) is 0 Å². The molecule has 54 valence electrons. The van der Waals surface area contributed by atoms with Crippen LogP contribution in [0.3, 0.4) is 0 Å². The van der Waals surface area contributed by atoms with Gasteiger partial charge in [-0.05, 0) is 31.1 Å². The molecule has 0 heterocycles. The predicted octanol–water partition coefficient (Wildman–Crippen LogP) is 3.21. The smallest absolute Gasteiger partial charge is 0.0171 e. The molecule has 0 bridgehead atoms. The highest BCUT2D eigenvalue weighted by Gasteiger charge is 2.22. The van der Waals surface area contributed by atoms with E-state index >= 15 is 0 Å². The molecule has 0 nitrogen and oxygen atoms in total. The Bertz CT molecular complexity index is 90.6. The van der Waals surface area contributed by atoms with Crippen LogP contribution >= 0.6 is 15.9 Å². The number of hydrogen-bond acceptors (Lipinski definition) is 0. The average Bonchev–Trinajstić information content (AvgIpc) is 1.80. The maximum Gasteiger partial charge on any atom is 0.0171 e. The molecule has 3 atom stereocenters. The summed E-state index contributed by atoms with van der Waals surface area (Å²) < 4.78 is 0. The van der Waals surface area contributed by atoms with Crippen LogP contribution in [0.1, 0.15) is 33.1 Å². The fourth-order valence-corrected chi connectivity index (χ4v) is 2.11. The second-order valence-corrected chi connectivity index (χ2v) is 4.59. The SMILES string of the molecule is C[C@H]1CC[C@@H](Br)[C@@H](C)C1. The van der Waals surface area contributed by atoms with E-state index in [4.69, 9.17) is 0 Å². The average molecular weight is 191 g/mol. The minimum absolute atomic E-state index is 0.800. The van der Waals surface area contributed by atoms with Crippen LogP contribution in [0.15, 0.2) is 0 Å². The van der Waals surface area contributed by atoms with E-state index in [0.29, 0.717) is 0 Å². The van der Waals surface area contributed by atoms with Crippen molar-refractivity contribution in [3.05, 3.63) is 0 Å². The van der Waals surface area contributed by atoms with Gasteiger partial charge in [0.1, 0.15) is 0 Å². The Hall–Kier alpha value is 0.480. The first-order valence-corrected chi connectivity index (χ1v) is 4.75. The van der Waals surface area contributed by atoms with Crippen molar-refractivity contribution in [2.45, 2.75) is 37.9 Å². The van der Waals surface area contributed by atoms with Gasteiger partial charge in [-0.15, -0.1) is 0 Å². The van der Waals surface area contributed by atoms with Gasteiger partial charge in [0.15, 0.2) is 0 Å². The quantitative estimate of drug-likeness (QED) is 0.516. The Balaban J connectivity index is 2.35. The standard InChI is InChI=1S/C8H15Br/c1-6-3-4-8(9)7(2)5-6/h6-8H,3-5H2,1-2H3/t6-,7-,8+/m0/s1. The first kappa shape index (κ1) is 7.59. The summed E-state index contributed by atoms with van der Waals surface area (Å²) in [6.45, 7) is 4.70. The van der Waals surface area contributed by atoms with Gasteiger partial charge in [0, 0.05) is 4.83 Å². The van der Waals surface area contributed by atoms with Crippen LogP contribution in [0.5, 0.6) is 0 Å². The Morgan fingerprint density at radius 2 is 1.89 bits per heavy atom. The molecule has 0 aromatic heterocycles. The number of halogens is 1. The molecule has 0 N–H and O–H groups in total. The van der Waals surface area contributed by atoms with Crippen LogP contribution in [0.2, 0.25) is 0 Å². The lowest BCUT2D eigenvalue weighted by Crippen LogP contribution is -2.20. The third-order valence-corrected chi connectivity index (χ3v) is 3.69. The highest BCUT2D eigenvalue weighted by Crippen LogP contribution is 2.32. The van der Waals surface area contributed by atoms with E-state index in [9.17, 15) is 0 Å². The zero-order valence-corrected chi connectivity index (χ0v) is 7.82. The van der Waals surface area contributed by atoms with Gasteiger partial charge in [-0.2, -0.15) is 0 Å². The maximum atomic E-state index is 3.68. The van der Waals surface area contributed by atoms with E-state index in [-0.39, 0.29) is 0 Å². The van der Waals surface area contributed by atoms with Gasteiger partial charge in [-0.25, -0.2) is 0 Å².